The molecule has 4 rings (SSSR count). The summed E-state index contributed by atoms with van der Waals surface area (Å²) in [6, 6.07) is 25.2. The number of hydrogen-bond donors (Lipinski definition) is 1. The van der Waals surface area contributed by atoms with Crippen LogP contribution in [0.4, 0.5) is 0 Å². The third-order valence-corrected chi connectivity index (χ3v) is 5.25. The van der Waals surface area contributed by atoms with Crippen LogP contribution in [0.5, 0.6) is 0 Å². The lowest BCUT2D eigenvalue weighted by Gasteiger charge is -2.14. The van der Waals surface area contributed by atoms with E-state index in [1.165, 1.54) is 13.8 Å². The van der Waals surface area contributed by atoms with Gasteiger partial charge in [0.1, 0.15) is 11.3 Å². The van der Waals surface area contributed by atoms with Gasteiger partial charge in [0.05, 0.1) is 11.1 Å². The molecule has 4 aromatic rings. The summed E-state index contributed by atoms with van der Waals surface area (Å²) >= 11 is 0. The molecule has 154 valence electrons. The maximum absolute atomic E-state index is 13.1. The number of allylic oxidation sites excluding steroid dienone is 2. The van der Waals surface area contributed by atoms with Crippen molar-refractivity contribution in [2.24, 2.45) is 0 Å². The van der Waals surface area contributed by atoms with Crippen molar-refractivity contribution in [3.63, 3.8) is 0 Å². The highest BCUT2D eigenvalue weighted by Gasteiger charge is 2.24. The number of benzene rings is 3. The van der Waals surface area contributed by atoms with Crippen LogP contribution in [0.25, 0.3) is 27.7 Å². The first-order chi connectivity index (χ1) is 15.0. The maximum atomic E-state index is 13.1. The molecule has 0 aliphatic rings. The Labute approximate surface area is 180 Å². The molecule has 0 aliphatic heterocycles. The molecule has 0 amide bonds. The fourth-order valence-electron chi connectivity index (χ4n) is 3.93. The highest BCUT2D eigenvalue weighted by molar-refractivity contribution is 6.22. The van der Waals surface area contributed by atoms with Crippen LogP contribution in [0.1, 0.15) is 30.5 Å². The van der Waals surface area contributed by atoms with Crippen LogP contribution in [0.15, 0.2) is 93.8 Å². The molecule has 0 aliphatic carbocycles. The molecule has 3 aromatic carbocycles. The second-order valence-corrected chi connectivity index (χ2v) is 7.52. The van der Waals surface area contributed by atoms with Gasteiger partial charge in [-0.1, -0.05) is 72.8 Å². The normalized spacial score (nSPS) is 11.9. The lowest BCUT2D eigenvalue weighted by Crippen LogP contribution is -2.14. The quantitative estimate of drug-likeness (QED) is 0.252. The molecule has 0 saturated heterocycles. The Morgan fingerprint density at radius 2 is 1.52 bits per heavy atom. The molecule has 4 heteroatoms. The van der Waals surface area contributed by atoms with Gasteiger partial charge in [-0.15, -0.1) is 0 Å². The first-order valence-electron chi connectivity index (χ1n) is 10.1. The number of hydrogen-bond acceptors (Lipinski definition) is 4. The van der Waals surface area contributed by atoms with E-state index in [0.29, 0.717) is 23.0 Å². The molecule has 0 fully saturated rings. The number of fused-ring (bicyclic) bond motifs is 1. The average molecular weight is 410 g/mol. The lowest BCUT2D eigenvalue weighted by atomic mass is 9.90. The van der Waals surface area contributed by atoms with E-state index in [-0.39, 0.29) is 16.9 Å². The molecule has 0 unspecified atom stereocenters. The maximum Gasteiger partial charge on any atom is 0.345 e. The van der Waals surface area contributed by atoms with Crippen LogP contribution in [-0.2, 0) is 11.2 Å². The van der Waals surface area contributed by atoms with Crippen molar-refractivity contribution < 1.29 is 14.3 Å². The first kappa shape index (κ1) is 20.4. The number of ketones is 1. The molecule has 1 N–H and O–H groups in total. The molecular formula is C27H22O4. The van der Waals surface area contributed by atoms with Crippen LogP contribution in [0.2, 0.25) is 0 Å². The summed E-state index contributed by atoms with van der Waals surface area (Å²) in [5.74, 6) is -0.610. The monoisotopic (exact) mass is 410 g/mol. The molecule has 0 spiro atoms. The smallest absolute Gasteiger partial charge is 0.345 e. The number of aliphatic hydroxyl groups is 1. The summed E-state index contributed by atoms with van der Waals surface area (Å²) in [4.78, 5) is 25.4. The van der Waals surface area contributed by atoms with Crippen molar-refractivity contribution in [2.45, 2.75) is 20.3 Å². The van der Waals surface area contributed by atoms with Gasteiger partial charge >= 0.3 is 5.63 Å². The SMILES string of the molecule is CC(=O)/C(=C(/C)O)c1c(-c2ccccc2)c2ccc(Cc3ccccc3)cc2oc1=O. The minimum absolute atomic E-state index is 0.0251. The number of aliphatic hydroxyl groups excluding tert-OH is 1. The van der Waals surface area contributed by atoms with Gasteiger partial charge in [0.25, 0.3) is 0 Å². The van der Waals surface area contributed by atoms with Crippen molar-refractivity contribution in [1.29, 1.82) is 0 Å². The number of rotatable bonds is 5. The van der Waals surface area contributed by atoms with Gasteiger partial charge in [-0.2, -0.15) is 0 Å². The molecule has 0 saturated carbocycles. The molecule has 0 radical (unpaired) electrons. The van der Waals surface area contributed by atoms with E-state index in [1.807, 2.05) is 78.9 Å². The van der Waals surface area contributed by atoms with Gasteiger partial charge in [-0.25, -0.2) is 4.79 Å². The summed E-state index contributed by atoms with van der Waals surface area (Å²) in [5.41, 5.74) is 3.37. The fraction of sp³-hybridized carbons (Fsp3) is 0.111. The van der Waals surface area contributed by atoms with Gasteiger partial charge in [-0.3, -0.25) is 4.79 Å². The largest absolute Gasteiger partial charge is 0.512 e. The Morgan fingerprint density at radius 3 is 2.13 bits per heavy atom. The van der Waals surface area contributed by atoms with Crippen LogP contribution in [0, 0.1) is 0 Å². The second-order valence-electron chi connectivity index (χ2n) is 7.52. The van der Waals surface area contributed by atoms with Gasteiger partial charge in [-0.05, 0) is 43.0 Å². The predicted octanol–water partition coefficient (Wildman–Crippen LogP) is 5.93. The van der Waals surface area contributed by atoms with Gasteiger partial charge in [0.15, 0.2) is 5.78 Å². The predicted molar refractivity (Wildman–Crippen MR) is 123 cm³/mol. The van der Waals surface area contributed by atoms with Gasteiger partial charge in [0.2, 0.25) is 0 Å². The standard InChI is InChI=1S/C27H22O4/c1-17(28)24(18(2)29)26-25(21-11-7-4-8-12-21)22-14-13-20(16-23(22)31-27(26)30)15-19-9-5-3-6-10-19/h3-14,16,28H,15H2,1-2H3/b24-17+. The van der Waals surface area contributed by atoms with Crippen molar-refractivity contribution in [2.75, 3.05) is 0 Å². The Kier molecular flexibility index (Phi) is 5.54. The van der Waals surface area contributed by atoms with Crippen LogP contribution >= 0.6 is 0 Å². The van der Waals surface area contributed by atoms with E-state index in [9.17, 15) is 14.7 Å². The minimum atomic E-state index is -0.651. The van der Waals surface area contributed by atoms with Crippen molar-refractivity contribution in [3.8, 4) is 11.1 Å². The minimum Gasteiger partial charge on any atom is -0.512 e. The molecule has 4 nitrogen and oxygen atoms in total. The van der Waals surface area contributed by atoms with Crippen molar-refractivity contribution in [1.82, 2.24) is 0 Å². The number of carbonyl (C=O) groups excluding carboxylic acids is 1. The summed E-state index contributed by atoms with van der Waals surface area (Å²) in [7, 11) is 0. The average Bonchev–Trinajstić information content (AvgIpc) is 2.75. The zero-order valence-corrected chi connectivity index (χ0v) is 17.4. The highest BCUT2D eigenvalue weighted by Crippen LogP contribution is 2.35. The lowest BCUT2D eigenvalue weighted by molar-refractivity contribution is -0.111. The Morgan fingerprint density at radius 1 is 0.871 bits per heavy atom. The molecule has 0 bridgehead atoms. The molecule has 1 heterocycles. The second kappa shape index (κ2) is 8.44. The van der Waals surface area contributed by atoms with E-state index in [0.717, 1.165) is 16.7 Å². The fourth-order valence-corrected chi connectivity index (χ4v) is 3.93. The van der Waals surface area contributed by atoms with Crippen LogP contribution in [-0.4, -0.2) is 10.9 Å². The van der Waals surface area contributed by atoms with Crippen molar-refractivity contribution >= 4 is 22.3 Å². The summed E-state index contributed by atoms with van der Waals surface area (Å²) < 4.78 is 5.66. The molecular weight excluding hydrogens is 388 g/mol. The van der Waals surface area contributed by atoms with Gasteiger partial charge in [0, 0.05) is 10.9 Å². The Balaban J connectivity index is 2.00. The van der Waals surface area contributed by atoms with E-state index in [1.54, 1.807) is 0 Å². The summed E-state index contributed by atoms with van der Waals surface area (Å²) in [6.45, 7) is 2.73. The first-order valence-corrected chi connectivity index (χ1v) is 10.1. The van der Waals surface area contributed by atoms with E-state index in [2.05, 4.69) is 0 Å². The topological polar surface area (TPSA) is 67.5 Å². The van der Waals surface area contributed by atoms with Gasteiger partial charge < -0.3 is 9.52 Å². The van der Waals surface area contributed by atoms with E-state index in [4.69, 9.17) is 4.42 Å². The third-order valence-electron chi connectivity index (χ3n) is 5.25. The van der Waals surface area contributed by atoms with E-state index < -0.39 is 11.4 Å². The zero-order valence-electron chi connectivity index (χ0n) is 17.4. The summed E-state index contributed by atoms with van der Waals surface area (Å²) in [6.07, 6.45) is 0.706. The molecule has 31 heavy (non-hydrogen) atoms. The molecule has 1 aromatic heterocycles. The third kappa shape index (κ3) is 4.05. The van der Waals surface area contributed by atoms with Crippen LogP contribution in [0.3, 0.4) is 0 Å². The van der Waals surface area contributed by atoms with Crippen LogP contribution < -0.4 is 5.63 Å². The number of carbonyl (C=O) groups is 1. The summed E-state index contributed by atoms with van der Waals surface area (Å²) in [5, 5.41) is 10.9. The van der Waals surface area contributed by atoms with Crippen molar-refractivity contribution in [3.05, 3.63) is 112 Å². The zero-order chi connectivity index (χ0) is 22.0. The Hall–Kier alpha value is -3.92. The Bertz CT molecular complexity index is 1340. The highest BCUT2D eigenvalue weighted by atomic mass is 16.4. The number of Topliss-reactive ketones (excluding diaryl/α,β-unsaturated/α-hetero) is 1. The molecule has 0 atom stereocenters. The van der Waals surface area contributed by atoms with E-state index >= 15 is 0 Å².